The highest BCUT2D eigenvalue weighted by Gasteiger charge is 2.19. The second-order valence-electron chi connectivity index (χ2n) is 12.1. The molecule has 0 atom stereocenters. The van der Waals surface area contributed by atoms with Crippen LogP contribution in [0.2, 0.25) is 0 Å². The normalized spacial score (nSPS) is 11.6. The summed E-state index contributed by atoms with van der Waals surface area (Å²) in [5, 5.41) is 2.89. The fourth-order valence-electron chi connectivity index (χ4n) is 6.50. The lowest BCUT2D eigenvalue weighted by molar-refractivity contribution is 0.667. The van der Waals surface area contributed by atoms with E-state index in [2.05, 4.69) is 12.1 Å². The Hall–Kier alpha value is -6.99. The highest BCUT2D eigenvalue weighted by atomic mass is 16.3. The van der Waals surface area contributed by atoms with Crippen molar-refractivity contribution in [3.63, 3.8) is 0 Å². The Morgan fingerprint density at radius 1 is 0.320 bits per heavy atom. The molecule has 0 saturated carbocycles. The SMILES string of the molecule is c1ccc(-c2nc(-c3ccccc3)nc(-c3ccc4oc5cc(-c6nc(-c7ccccc7)c7oc8ccccc8c7n6)ccc5c4c3)n2)cc1. The Balaban J connectivity index is 1.11. The molecule has 50 heavy (non-hydrogen) atoms. The van der Waals surface area contributed by atoms with Gasteiger partial charge in [-0.1, -0.05) is 109 Å². The van der Waals surface area contributed by atoms with Crippen LogP contribution in [0.15, 0.2) is 160 Å². The van der Waals surface area contributed by atoms with Crippen LogP contribution in [0, 0.1) is 0 Å². The lowest BCUT2D eigenvalue weighted by Gasteiger charge is -2.08. The van der Waals surface area contributed by atoms with Crippen LogP contribution in [-0.2, 0) is 0 Å². The lowest BCUT2D eigenvalue weighted by Crippen LogP contribution is -2.00. The van der Waals surface area contributed by atoms with Crippen LogP contribution < -0.4 is 0 Å². The smallest absolute Gasteiger partial charge is 0.180 e. The summed E-state index contributed by atoms with van der Waals surface area (Å²) in [5.74, 6) is 2.42. The maximum absolute atomic E-state index is 6.42. The number of aromatic nitrogens is 5. The quantitative estimate of drug-likeness (QED) is 0.184. The van der Waals surface area contributed by atoms with Crippen LogP contribution in [0.3, 0.4) is 0 Å². The van der Waals surface area contributed by atoms with Gasteiger partial charge in [0.25, 0.3) is 0 Å². The van der Waals surface area contributed by atoms with Gasteiger partial charge in [0.2, 0.25) is 0 Å². The first-order valence-electron chi connectivity index (χ1n) is 16.3. The minimum Gasteiger partial charge on any atom is -0.456 e. The van der Waals surface area contributed by atoms with E-state index in [9.17, 15) is 0 Å². The van der Waals surface area contributed by atoms with E-state index in [1.165, 1.54) is 0 Å². The van der Waals surface area contributed by atoms with Gasteiger partial charge in [-0.05, 0) is 42.5 Å². The first kappa shape index (κ1) is 28.1. The number of benzene rings is 6. The molecule has 0 saturated heterocycles. The van der Waals surface area contributed by atoms with E-state index in [-0.39, 0.29) is 0 Å². The van der Waals surface area contributed by atoms with E-state index in [0.717, 1.165) is 71.9 Å². The molecule has 10 rings (SSSR count). The molecule has 0 aliphatic carbocycles. The third kappa shape index (κ3) is 4.71. The summed E-state index contributed by atoms with van der Waals surface area (Å²) in [6, 6.07) is 50.2. The van der Waals surface area contributed by atoms with Crippen LogP contribution in [-0.4, -0.2) is 24.9 Å². The summed E-state index contributed by atoms with van der Waals surface area (Å²) in [6.45, 7) is 0. The number of furan rings is 2. The van der Waals surface area contributed by atoms with Gasteiger partial charge in [-0.2, -0.15) is 0 Å². The third-order valence-corrected chi connectivity index (χ3v) is 8.95. The Bertz CT molecular complexity index is 2810. The van der Waals surface area contributed by atoms with Crippen LogP contribution in [0.5, 0.6) is 0 Å². The number of hydrogen-bond acceptors (Lipinski definition) is 7. The standard InChI is InChI=1S/C43H25N5O2/c1-4-12-26(13-5-1)37-39-38(32-18-10-11-19-34(32)50-39)45-42(44-37)30-20-22-31-33-24-29(21-23-35(33)49-36(31)25-30)43-47-40(27-14-6-2-7-15-27)46-41(48-43)28-16-8-3-9-17-28/h1-25H. The molecule has 0 spiro atoms. The fourth-order valence-corrected chi connectivity index (χ4v) is 6.50. The van der Waals surface area contributed by atoms with Crippen molar-refractivity contribution in [3.8, 4) is 56.8 Å². The zero-order valence-corrected chi connectivity index (χ0v) is 26.5. The summed E-state index contributed by atoms with van der Waals surface area (Å²) in [7, 11) is 0. The Kier molecular flexibility index (Phi) is 6.35. The molecule has 0 bridgehead atoms. The molecule has 0 radical (unpaired) electrons. The van der Waals surface area contributed by atoms with Crippen molar-refractivity contribution in [3.05, 3.63) is 152 Å². The molecule has 0 aliphatic heterocycles. The van der Waals surface area contributed by atoms with E-state index in [4.69, 9.17) is 33.8 Å². The molecule has 7 heteroatoms. The highest BCUT2D eigenvalue weighted by Crippen LogP contribution is 2.38. The fraction of sp³-hybridized carbons (Fsp3) is 0. The summed E-state index contributed by atoms with van der Waals surface area (Å²) in [6.07, 6.45) is 0. The molecule has 6 aromatic carbocycles. The van der Waals surface area contributed by atoms with E-state index in [1.807, 2.05) is 140 Å². The number of hydrogen-bond donors (Lipinski definition) is 0. The molecule has 0 amide bonds. The van der Waals surface area contributed by atoms with E-state index in [1.54, 1.807) is 0 Å². The van der Waals surface area contributed by atoms with Crippen molar-refractivity contribution in [2.24, 2.45) is 0 Å². The number of rotatable bonds is 5. The zero-order valence-electron chi connectivity index (χ0n) is 26.5. The van der Waals surface area contributed by atoms with Crippen LogP contribution in [0.25, 0.3) is 101 Å². The molecule has 0 fully saturated rings. The van der Waals surface area contributed by atoms with Crippen molar-refractivity contribution in [1.82, 2.24) is 24.9 Å². The summed E-state index contributed by atoms with van der Waals surface area (Å²) >= 11 is 0. The molecule has 10 aromatic rings. The predicted octanol–water partition coefficient (Wildman–Crippen LogP) is 10.8. The van der Waals surface area contributed by atoms with Crippen molar-refractivity contribution in [2.45, 2.75) is 0 Å². The molecular weight excluding hydrogens is 619 g/mol. The van der Waals surface area contributed by atoms with Crippen molar-refractivity contribution >= 4 is 44.0 Å². The van der Waals surface area contributed by atoms with Gasteiger partial charge < -0.3 is 8.83 Å². The molecule has 0 N–H and O–H groups in total. The predicted molar refractivity (Wildman–Crippen MR) is 197 cm³/mol. The number of nitrogens with zero attached hydrogens (tertiary/aromatic N) is 5. The van der Waals surface area contributed by atoms with Crippen molar-refractivity contribution in [2.75, 3.05) is 0 Å². The molecule has 0 unspecified atom stereocenters. The van der Waals surface area contributed by atoms with Gasteiger partial charge in [-0.3, -0.25) is 0 Å². The summed E-state index contributed by atoms with van der Waals surface area (Å²) in [4.78, 5) is 24.8. The van der Waals surface area contributed by atoms with Gasteiger partial charge in [0.05, 0.1) is 0 Å². The van der Waals surface area contributed by atoms with E-state index < -0.39 is 0 Å². The molecule has 4 aromatic heterocycles. The Morgan fingerprint density at radius 3 is 1.56 bits per heavy atom. The van der Waals surface area contributed by atoms with Crippen LogP contribution in [0.1, 0.15) is 0 Å². The number of fused-ring (bicyclic) bond motifs is 6. The molecular formula is C43H25N5O2. The van der Waals surface area contributed by atoms with Gasteiger partial charge in [-0.15, -0.1) is 0 Å². The summed E-state index contributed by atoms with van der Waals surface area (Å²) in [5.41, 5.74) is 9.01. The second kappa shape index (κ2) is 11.3. The second-order valence-corrected chi connectivity index (χ2v) is 12.1. The maximum Gasteiger partial charge on any atom is 0.180 e. The van der Waals surface area contributed by atoms with Crippen molar-refractivity contribution in [1.29, 1.82) is 0 Å². The Labute approximate surface area is 285 Å². The Morgan fingerprint density at radius 2 is 0.860 bits per heavy atom. The average molecular weight is 644 g/mol. The minimum absolute atomic E-state index is 0.591. The molecule has 234 valence electrons. The number of para-hydroxylation sites is 1. The minimum atomic E-state index is 0.591. The molecule has 4 heterocycles. The topological polar surface area (TPSA) is 90.7 Å². The largest absolute Gasteiger partial charge is 0.456 e. The van der Waals surface area contributed by atoms with Gasteiger partial charge in [0.1, 0.15) is 28.0 Å². The van der Waals surface area contributed by atoms with Gasteiger partial charge in [0.15, 0.2) is 28.9 Å². The zero-order chi connectivity index (χ0) is 33.0. The van der Waals surface area contributed by atoms with E-state index in [0.29, 0.717) is 28.9 Å². The maximum atomic E-state index is 6.42. The first-order valence-corrected chi connectivity index (χ1v) is 16.3. The monoisotopic (exact) mass is 643 g/mol. The van der Waals surface area contributed by atoms with E-state index >= 15 is 0 Å². The van der Waals surface area contributed by atoms with Gasteiger partial charge in [0, 0.05) is 44.0 Å². The third-order valence-electron chi connectivity index (χ3n) is 8.95. The summed E-state index contributed by atoms with van der Waals surface area (Å²) < 4.78 is 12.7. The van der Waals surface area contributed by atoms with Gasteiger partial charge in [-0.25, -0.2) is 24.9 Å². The van der Waals surface area contributed by atoms with Crippen LogP contribution in [0.4, 0.5) is 0 Å². The van der Waals surface area contributed by atoms with Gasteiger partial charge >= 0.3 is 0 Å². The lowest BCUT2D eigenvalue weighted by atomic mass is 10.1. The highest BCUT2D eigenvalue weighted by molar-refractivity contribution is 6.09. The molecule has 7 nitrogen and oxygen atoms in total. The van der Waals surface area contributed by atoms with Crippen LogP contribution >= 0.6 is 0 Å². The van der Waals surface area contributed by atoms with Crippen molar-refractivity contribution < 1.29 is 8.83 Å². The first-order chi connectivity index (χ1) is 24.7. The molecule has 0 aliphatic rings. The average Bonchev–Trinajstić information content (AvgIpc) is 3.76.